The van der Waals surface area contributed by atoms with Crippen LogP contribution in [-0.4, -0.2) is 55.4 Å². The summed E-state index contributed by atoms with van der Waals surface area (Å²) in [5.41, 5.74) is 0. The summed E-state index contributed by atoms with van der Waals surface area (Å²) in [6, 6.07) is 0. The minimum atomic E-state index is -0.867. The molecule has 4 nitrogen and oxygen atoms in total. The third-order valence-corrected chi connectivity index (χ3v) is 4.31. The van der Waals surface area contributed by atoms with Crippen LogP contribution in [0.4, 0.5) is 0 Å². The molecule has 0 aliphatic heterocycles. The first-order valence-electron chi connectivity index (χ1n) is 8.01. The number of allylic oxidation sites excluding steroid dienone is 1. The van der Waals surface area contributed by atoms with Crippen molar-refractivity contribution in [1.82, 2.24) is 0 Å². The summed E-state index contributed by atoms with van der Waals surface area (Å²) in [6.07, 6.45) is 5.15. The molecule has 0 bridgehead atoms. The monoisotopic (exact) mass is 347 g/mol. The van der Waals surface area contributed by atoms with Gasteiger partial charge in [-0.15, -0.1) is 6.58 Å². The molecular formula is C14H28B2O4PS. The van der Waals surface area contributed by atoms with Gasteiger partial charge in [0.2, 0.25) is 7.09 Å². The van der Waals surface area contributed by atoms with Gasteiger partial charge in [0.1, 0.15) is 14.4 Å². The lowest BCUT2D eigenvalue weighted by Crippen LogP contribution is -2.30. The molecule has 0 spiro atoms. The largest absolute Gasteiger partial charge is 0.371 e. The number of rotatable bonds is 16. The minimum absolute atomic E-state index is 0.00954. The van der Waals surface area contributed by atoms with Crippen molar-refractivity contribution in [1.29, 1.82) is 1.34 Å². The molecule has 0 rings (SSSR count). The van der Waals surface area contributed by atoms with Crippen LogP contribution in [0.1, 0.15) is 32.6 Å². The van der Waals surface area contributed by atoms with Gasteiger partial charge >= 0.3 is 0 Å². The van der Waals surface area contributed by atoms with Crippen LogP contribution in [0.5, 0.6) is 0 Å². The number of methoxy groups -OCH3 is 1. The molecule has 0 amide bonds. The van der Waals surface area contributed by atoms with Crippen LogP contribution in [0, 0.1) is 5.92 Å². The maximum absolute atomic E-state index is 7.12. The normalized spacial score (nSPS) is 17.3. The molecule has 0 saturated heterocycles. The van der Waals surface area contributed by atoms with E-state index in [-0.39, 0.29) is 19.0 Å². The third-order valence-electron chi connectivity index (χ3n) is 3.34. The Bertz CT molecular complexity index is 294. The molecule has 3 radical (unpaired) electrons. The maximum atomic E-state index is 7.12. The highest BCUT2D eigenvalue weighted by atomic mass is 32.2. The standard InChI is InChI=1S/C14H28B2O4PS/c1-5-7-12(6-2)14(18-11-17-3)10-13(20-22-16)8-9-19-21(4)15/h5,12-14,16H,1,6-11H2,2-4H3/t12-,13+,14+,21?/m0/s1/i16T. The fourth-order valence-corrected chi connectivity index (χ4v) is 2.94. The Hall–Kier alpha value is 0.490. The van der Waals surface area contributed by atoms with Crippen molar-refractivity contribution in [2.24, 2.45) is 5.92 Å². The zero-order chi connectivity index (χ0) is 17.5. The average Bonchev–Trinajstić information content (AvgIpc) is 2.53. The van der Waals surface area contributed by atoms with Crippen molar-refractivity contribution in [3.63, 3.8) is 0 Å². The van der Waals surface area contributed by atoms with Crippen molar-refractivity contribution in [2.75, 3.05) is 27.2 Å². The summed E-state index contributed by atoms with van der Waals surface area (Å²) in [6.45, 7) is 8.62. The quantitative estimate of drug-likeness (QED) is 0.141. The lowest BCUT2D eigenvalue weighted by atomic mass is 9.91. The molecule has 8 heteroatoms. The van der Waals surface area contributed by atoms with Crippen LogP contribution in [0.2, 0.25) is 0 Å². The van der Waals surface area contributed by atoms with Gasteiger partial charge in [0.05, 0.1) is 18.8 Å². The molecule has 0 saturated carbocycles. The van der Waals surface area contributed by atoms with Crippen LogP contribution in [0.25, 0.3) is 0 Å². The first kappa shape index (κ1) is 20.5. The van der Waals surface area contributed by atoms with Gasteiger partial charge in [-0.05, 0) is 34.8 Å². The molecule has 4 atom stereocenters. The van der Waals surface area contributed by atoms with Crippen LogP contribution < -0.4 is 0 Å². The molecule has 1 unspecified atom stereocenters. The van der Waals surface area contributed by atoms with Gasteiger partial charge in [0.25, 0.3) is 0 Å². The topological polar surface area (TPSA) is 36.9 Å². The Balaban J connectivity index is 4.67. The van der Waals surface area contributed by atoms with Crippen LogP contribution in [0.15, 0.2) is 12.7 Å². The van der Waals surface area contributed by atoms with Gasteiger partial charge in [-0.1, -0.05) is 31.3 Å². The molecule has 125 valence electrons. The van der Waals surface area contributed by atoms with Crippen molar-refractivity contribution in [2.45, 2.75) is 44.8 Å². The predicted octanol–water partition coefficient (Wildman–Crippen LogP) is 3.33. The SMILES string of the molecule is [3H][B]SO[C@H](CCOP([B])C)C[C@@H](OCOC)[C@@H](CC)CC=C. The van der Waals surface area contributed by atoms with E-state index in [9.17, 15) is 0 Å². The molecule has 22 heavy (non-hydrogen) atoms. The molecule has 0 aliphatic carbocycles. The molecule has 0 N–H and O–H groups in total. The van der Waals surface area contributed by atoms with Crippen LogP contribution >= 0.6 is 19.9 Å². The summed E-state index contributed by atoms with van der Waals surface area (Å²) in [7, 11) is 7.59. The van der Waals surface area contributed by atoms with Crippen molar-refractivity contribution in [3.05, 3.63) is 12.7 Å². The van der Waals surface area contributed by atoms with Crippen LogP contribution in [0.3, 0.4) is 0 Å². The highest BCUT2D eigenvalue weighted by molar-refractivity contribution is 8.15. The van der Waals surface area contributed by atoms with E-state index in [2.05, 4.69) is 13.5 Å². The molecular weight excluding hydrogens is 317 g/mol. The van der Waals surface area contributed by atoms with Gasteiger partial charge in [-0.3, -0.25) is 0 Å². The highest BCUT2D eigenvalue weighted by Gasteiger charge is 2.24. The smallest absolute Gasteiger partial charge is 0.209 e. The first-order chi connectivity index (χ1) is 11.1. The first-order valence-corrected chi connectivity index (χ1v) is 10.0. The van der Waals surface area contributed by atoms with Crippen molar-refractivity contribution >= 4 is 34.6 Å². The maximum Gasteiger partial charge on any atom is 0.209 e. The zero-order valence-electron chi connectivity index (χ0n) is 14.9. The summed E-state index contributed by atoms with van der Waals surface area (Å²) in [5.74, 6) is 0.359. The number of hydrogen-bond acceptors (Lipinski definition) is 5. The van der Waals surface area contributed by atoms with Crippen molar-refractivity contribution < 1.29 is 18.2 Å². The second-order valence-electron chi connectivity index (χ2n) is 5.02. The van der Waals surface area contributed by atoms with E-state index >= 15 is 0 Å². The summed E-state index contributed by atoms with van der Waals surface area (Å²) < 4.78 is 29.2. The predicted molar refractivity (Wildman–Crippen MR) is 98.7 cm³/mol. The second kappa shape index (κ2) is 15.0. The summed E-state index contributed by atoms with van der Waals surface area (Å²) in [4.78, 5) is 0. The average molecular weight is 347 g/mol. The van der Waals surface area contributed by atoms with E-state index in [4.69, 9.17) is 27.1 Å². The fraction of sp³-hybridized carbons (Fsp3) is 0.857. The Morgan fingerprint density at radius 2 is 2.32 bits per heavy atom. The Kier molecular flexibility index (Phi) is 14.0. The van der Waals surface area contributed by atoms with Gasteiger partial charge < -0.3 is 18.2 Å². The van der Waals surface area contributed by atoms with E-state index in [0.717, 1.165) is 24.7 Å². The van der Waals surface area contributed by atoms with Crippen LogP contribution in [-0.2, 0) is 18.2 Å². The Labute approximate surface area is 145 Å². The fourth-order valence-electron chi connectivity index (χ4n) is 2.22. The van der Waals surface area contributed by atoms with Crippen molar-refractivity contribution in [3.8, 4) is 0 Å². The number of ether oxygens (including phenoxy) is 2. The van der Waals surface area contributed by atoms with Gasteiger partial charge in [-0.2, -0.15) is 0 Å². The van der Waals surface area contributed by atoms with E-state index in [0.29, 0.717) is 25.4 Å². The third kappa shape index (κ3) is 11.1. The van der Waals surface area contributed by atoms with Gasteiger partial charge in [0.15, 0.2) is 0 Å². The number of hydrogen-bond donors (Lipinski definition) is 0. The van der Waals surface area contributed by atoms with Gasteiger partial charge in [-0.25, -0.2) is 0 Å². The minimum Gasteiger partial charge on any atom is -0.371 e. The highest BCUT2D eigenvalue weighted by Crippen LogP contribution is 2.27. The molecule has 0 aromatic rings. The second-order valence-corrected chi connectivity index (χ2v) is 6.76. The van der Waals surface area contributed by atoms with E-state index < -0.39 is 8.03 Å². The van der Waals surface area contributed by atoms with Gasteiger partial charge in [0, 0.05) is 13.5 Å². The Morgan fingerprint density at radius 1 is 1.55 bits per heavy atom. The van der Waals surface area contributed by atoms with E-state index in [1.165, 1.54) is 7.09 Å². The molecule has 0 fully saturated rings. The molecule has 0 aliphatic rings. The summed E-state index contributed by atoms with van der Waals surface area (Å²) >= 11 is 1.03. The lowest BCUT2D eigenvalue weighted by Gasteiger charge is -2.29. The van der Waals surface area contributed by atoms with E-state index in [1.807, 2.05) is 12.7 Å². The lowest BCUT2D eigenvalue weighted by molar-refractivity contribution is -0.102. The molecule has 0 heterocycles. The summed E-state index contributed by atoms with van der Waals surface area (Å²) in [5, 5.41) is 0. The zero-order valence-corrected chi connectivity index (χ0v) is 15.6. The molecule has 0 aromatic heterocycles. The molecule has 0 aromatic carbocycles. The Morgan fingerprint density at radius 3 is 2.86 bits per heavy atom. The van der Waals surface area contributed by atoms with E-state index in [1.54, 1.807) is 7.11 Å².